The number of ether oxygens (including phenoxy) is 1. The Bertz CT molecular complexity index is 768. The Morgan fingerprint density at radius 2 is 1.03 bits per heavy atom. The summed E-state index contributed by atoms with van der Waals surface area (Å²) in [4.78, 5) is 0. The molecule has 202 valence electrons. The quantitative estimate of drug-likeness (QED) is 0.124. The van der Waals surface area contributed by atoms with Crippen LogP contribution in [0.5, 0.6) is 5.75 Å². The average molecular weight is 495 g/mol. The molecule has 36 heavy (non-hydrogen) atoms. The lowest BCUT2D eigenvalue weighted by Gasteiger charge is -2.36. The van der Waals surface area contributed by atoms with Crippen molar-refractivity contribution in [3.05, 3.63) is 60.2 Å². The molecule has 0 saturated heterocycles. The first-order valence-corrected chi connectivity index (χ1v) is 15.2. The summed E-state index contributed by atoms with van der Waals surface area (Å²) in [5.74, 6) is 0.997. The minimum absolute atomic E-state index is 0.377. The van der Waals surface area contributed by atoms with Crippen molar-refractivity contribution < 1.29 is 4.74 Å². The van der Waals surface area contributed by atoms with Gasteiger partial charge in [-0.3, -0.25) is 4.48 Å². The third kappa shape index (κ3) is 12.0. The summed E-state index contributed by atoms with van der Waals surface area (Å²) in [7, 11) is 4.56. The van der Waals surface area contributed by atoms with E-state index in [0.29, 0.717) is 6.04 Å². The number of hydrogen-bond acceptors (Lipinski definition) is 1. The molecular formula is C34H56NO+. The van der Waals surface area contributed by atoms with Gasteiger partial charge in [-0.05, 0) is 49.7 Å². The van der Waals surface area contributed by atoms with Gasteiger partial charge in [0, 0.05) is 5.56 Å². The van der Waals surface area contributed by atoms with Crippen LogP contribution < -0.4 is 9.22 Å². The predicted octanol–water partition coefficient (Wildman–Crippen LogP) is 10.7. The van der Waals surface area contributed by atoms with E-state index in [0.717, 1.165) is 23.3 Å². The highest BCUT2D eigenvalue weighted by Crippen LogP contribution is 2.32. The van der Waals surface area contributed by atoms with Crippen molar-refractivity contribution in [3.63, 3.8) is 0 Å². The maximum absolute atomic E-state index is 6.03. The number of rotatable bonds is 21. The van der Waals surface area contributed by atoms with Gasteiger partial charge < -0.3 is 4.74 Å². The smallest absolute Gasteiger partial charge is 0.132 e. The highest BCUT2D eigenvalue weighted by atomic mass is 16.5. The second-order valence-electron chi connectivity index (χ2n) is 11.3. The second kappa shape index (κ2) is 18.4. The highest BCUT2D eigenvalue weighted by Gasteiger charge is 2.27. The topological polar surface area (TPSA) is 9.23 Å². The van der Waals surface area contributed by atoms with Gasteiger partial charge in [0.25, 0.3) is 0 Å². The molecule has 0 fully saturated rings. The van der Waals surface area contributed by atoms with Crippen LogP contribution in [0.3, 0.4) is 0 Å². The molecule has 1 atom stereocenters. The molecule has 0 heterocycles. The fraction of sp³-hybridized carbons (Fsp3) is 0.647. The maximum Gasteiger partial charge on any atom is 0.132 e. The van der Waals surface area contributed by atoms with Crippen LogP contribution in [0, 0.1) is 0 Å². The van der Waals surface area contributed by atoms with Gasteiger partial charge >= 0.3 is 0 Å². The van der Waals surface area contributed by atoms with Gasteiger partial charge in [-0.25, -0.2) is 0 Å². The largest absolute Gasteiger partial charge is 0.494 e. The first-order chi connectivity index (χ1) is 17.6. The number of unbranched alkanes of at least 4 members (excludes halogenated alkanes) is 15. The lowest BCUT2D eigenvalue weighted by atomic mass is 10.0. The van der Waals surface area contributed by atoms with Crippen LogP contribution in [-0.4, -0.2) is 20.7 Å². The summed E-state index contributed by atoms with van der Waals surface area (Å²) in [6.07, 6.45) is 22.4. The Labute approximate surface area is 224 Å². The summed E-state index contributed by atoms with van der Waals surface area (Å²) in [6, 6.07) is 19.9. The third-order valence-corrected chi connectivity index (χ3v) is 8.02. The van der Waals surface area contributed by atoms with E-state index in [1.807, 2.05) is 0 Å². The summed E-state index contributed by atoms with van der Waals surface area (Å²) in [6.45, 7) is 5.43. The minimum Gasteiger partial charge on any atom is -0.494 e. The Hall–Kier alpha value is -1.80. The van der Waals surface area contributed by atoms with E-state index in [2.05, 4.69) is 82.5 Å². The van der Waals surface area contributed by atoms with Crippen molar-refractivity contribution in [2.45, 2.75) is 123 Å². The molecule has 0 saturated carbocycles. The van der Waals surface area contributed by atoms with Crippen LogP contribution in [0.4, 0.5) is 5.69 Å². The molecule has 0 radical (unpaired) electrons. The Kier molecular flexibility index (Phi) is 15.6. The number of hydrogen-bond donors (Lipinski definition) is 0. The van der Waals surface area contributed by atoms with Crippen molar-refractivity contribution in [3.8, 4) is 5.75 Å². The standard InChI is InChI=1S/C34H56NO/c1-5-6-7-8-9-10-11-12-13-14-15-16-17-18-19-23-30-36-34-28-26-32(27-29-34)31(2)35(3,4)33-24-21-20-22-25-33/h20-22,24-29,31H,5-19,23,30H2,1-4H3/q+1. The van der Waals surface area contributed by atoms with Gasteiger partial charge in [0.2, 0.25) is 0 Å². The van der Waals surface area contributed by atoms with Crippen molar-refractivity contribution in [2.75, 3.05) is 20.7 Å². The molecular weight excluding hydrogens is 438 g/mol. The molecule has 0 aliphatic heterocycles. The molecule has 0 aromatic heterocycles. The maximum atomic E-state index is 6.03. The van der Waals surface area contributed by atoms with E-state index < -0.39 is 0 Å². The summed E-state index contributed by atoms with van der Waals surface area (Å²) in [5.41, 5.74) is 2.67. The molecule has 2 rings (SSSR count). The molecule has 0 spiro atoms. The Balaban J connectivity index is 1.46. The number of nitrogens with zero attached hydrogens (tertiary/aromatic N) is 1. The molecule has 1 unspecified atom stereocenters. The summed E-state index contributed by atoms with van der Waals surface area (Å²) in [5, 5.41) is 0. The first kappa shape index (κ1) is 30.4. The van der Waals surface area contributed by atoms with Gasteiger partial charge in [-0.2, -0.15) is 0 Å². The van der Waals surface area contributed by atoms with Crippen LogP contribution in [-0.2, 0) is 0 Å². The zero-order valence-corrected chi connectivity index (χ0v) is 24.1. The molecule has 2 aromatic carbocycles. The number of benzene rings is 2. The molecule has 0 N–H and O–H groups in total. The lowest BCUT2D eigenvalue weighted by molar-refractivity contribution is 0.302. The van der Waals surface area contributed by atoms with E-state index in [1.165, 1.54) is 108 Å². The van der Waals surface area contributed by atoms with Crippen molar-refractivity contribution in [1.29, 1.82) is 0 Å². The van der Waals surface area contributed by atoms with E-state index in [9.17, 15) is 0 Å². The van der Waals surface area contributed by atoms with Gasteiger partial charge in [-0.15, -0.1) is 0 Å². The van der Waals surface area contributed by atoms with Crippen molar-refractivity contribution in [2.24, 2.45) is 0 Å². The average Bonchev–Trinajstić information content (AvgIpc) is 2.91. The number of para-hydroxylation sites is 1. The van der Waals surface area contributed by atoms with Crippen LogP contribution in [0.2, 0.25) is 0 Å². The zero-order chi connectivity index (χ0) is 25.9. The molecule has 0 aliphatic carbocycles. The van der Waals surface area contributed by atoms with Gasteiger partial charge in [0.15, 0.2) is 0 Å². The van der Waals surface area contributed by atoms with Crippen LogP contribution in [0.1, 0.15) is 128 Å². The van der Waals surface area contributed by atoms with Gasteiger partial charge in [0.05, 0.1) is 20.7 Å². The van der Waals surface area contributed by atoms with Crippen molar-refractivity contribution >= 4 is 5.69 Å². The lowest BCUT2D eigenvalue weighted by Crippen LogP contribution is -2.42. The first-order valence-electron chi connectivity index (χ1n) is 15.2. The van der Waals surface area contributed by atoms with Crippen molar-refractivity contribution in [1.82, 2.24) is 4.48 Å². The van der Waals surface area contributed by atoms with Crippen LogP contribution >= 0.6 is 0 Å². The summed E-state index contributed by atoms with van der Waals surface area (Å²) >= 11 is 0. The van der Waals surface area contributed by atoms with Crippen LogP contribution in [0.25, 0.3) is 0 Å². The minimum atomic E-state index is 0.377. The highest BCUT2D eigenvalue weighted by molar-refractivity contribution is 5.44. The molecule has 0 bridgehead atoms. The number of quaternary nitrogens is 1. The second-order valence-corrected chi connectivity index (χ2v) is 11.3. The van der Waals surface area contributed by atoms with E-state index in [-0.39, 0.29) is 0 Å². The molecule has 2 aromatic rings. The van der Waals surface area contributed by atoms with Gasteiger partial charge in [-0.1, -0.05) is 121 Å². The monoisotopic (exact) mass is 494 g/mol. The fourth-order valence-corrected chi connectivity index (χ4v) is 5.09. The molecule has 2 nitrogen and oxygen atoms in total. The van der Waals surface area contributed by atoms with E-state index in [1.54, 1.807) is 0 Å². The Morgan fingerprint density at radius 3 is 1.50 bits per heavy atom. The SMILES string of the molecule is CCCCCCCCCCCCCCCCCCOc1ccc(C(C)[N+](C)(C)c2ccccc2)cc1. The van der Waals surface area contributed by atoms with Crippen LogP contribution in [0.15, 0.2) is 54.6 Å². The van der Waals surface area contributed by atoms with E-state index >= 15 is 0 Å². The molecule has 0 amide bonds. The van der Waals surface area contributed by atoms with Gasteiger partial charge in [0.1, 0.15) is 17.5 Å². The van der Waals surface area contributed by atoms with E-state index in [4.69, 9.17) is 4.74 Å². The summed E-state index contributed by atoms with van der Waals surface area (Å²) < 4.78 is 6.86. The fourth-order valence-electron chi connectivity index (χ4n) is 5.09. The Morgan fingerprint density at radius 1 is 0.583 bits per heavy atom. The predicted molar refractivity (Wildman–Crippen MR) is 160 cm³/mol. The molecule has 0 aliphatic rings. The molecule has 2 heteroatoms. The zero-order valence-electron chi connectivity index (χ0n) is 24.1. The third-order valence-electron chi connectivity index (χ3n) is 8.02. The normalized spacial score (nSPS) is 12.6.